The highest BCUT2D eigenvalue weighted by molar-refractivity contribution is 5.95. The predicted octanol–water partition coefficient (Wildman–Crippen LogP) is 2.00. The first-order chi connectivity index (χ1) is 12.1. The molecular formula is C19H19N3O3. The second-order valence-corrected chi connectivity index (χ2v) is 5.61. The Kier molecular flexibility index (Phi) is 4.99. The van der Waals surface area contributed by atoms with Gasteiger partial charge in [0.25, 0.3) is 11.8 Å². The molecule has 0 bridgehead atoms. The molecule has 0 saturated carbocycles. The van der Waals surface area contributed by atoms with Crippen molar-refractivity contribution in [1.82, 2.24) is 10.3 Å². The van der Waals surface area contributed by atoms with E-state index in [9.17, 15) is 9.59 Å². The summed E-state index contributed by atoms with van der Waals surface area (Å²) in [6.07, 6.45) is 2.67. The van der Waals surface area contributed by atoms with E-state index in [0.29, 0.717) is 18.7 Å². The number of aromatic nitrogens is 1. The molecule has 1 heterocycles. The molecule has 128 valence electrons. The highest BCUT2D eigenvalue weighted by Crippen LogP contribution is 2.18. The fourth-order valence-corrected chi connectivity index (χ4v) is 2.67. The molecule has 0 radical (unpaired) electrons. The van der Waals surface area contributed by atoms with Crippen LogP contribution in [0.4, 0.5) is 0 Å². The zero-order valence-corrected chi connectivity index (χ0v) is 13.6. The van der Waals surface area contributed by atoms with Gasteiger partial charge in [-0.2, -0.15) is 0 Å². The van der Waals surface area contributed by atoms with Gasteiger partial charge in [0, 0.05) is 23.6 Å². The fraction of sp³-hybridized carbons (Fsp3) is 0.158. The molecule has 3 aromatic rings. The molecule has 1 aromatic heterocycles. The molecule has 6 nitrogen and oxygen atoms in total. The van der Waals surface area contributed by atoms with Crippen molar-refractivity contribution in [3.8, 4) is 5.75 Å². The van der Waals surface area contributed by atoms with Gasteiger partial charge in [0.1, 0.15) is 5.75 Å². The number of benzene rings is 2. The molecule has 3 rings (SSSR count). The number of rotatable bonds is 7. The standard InChI is InChI=1S/C19H19N3O3/c20-19(24)15-6-2-4-8-17(15)25-12-18(23)21-10-9-13-11-22-16-7-3-1-5-14(13)16/h1-8,11,22H,9-10,12H2,(H2,20,24)(H,21,23). The summed E-state index contributed by atoms with van der Waals surface area (Å²) in [6.45, 7) is 0.333. The molecule has 0 spiro atoms. The number of nitrogens with one attached hydrogen (secondary N) is 2. The number of amides is 2. The zero-order chi connectivity index (χ0) is 17.6. The first-order valence-corrected chi connectivity index (χ1v) is 7.98. The summed E-state index contributed by atoms with van der Waals surface area (Å²) in [7, 11) is 0. The molecule has 0 aliphatic heterocycles. The van der Waals surface area contributed by atoms with Gasteiger partial charge in [-0.1, -0.05) is 30.3 Å². The van der Waals surface area contributed by atoms with Crippen LogP contribution in [0.5, 0.6) is 5.75 Å². The van der Waals surface area contributed by atoms with E-state index in [1.165, 1.54) is 0 Å². The van der Waals surface area contributed by atoms with E-state index in [1.54, 1.807) is 24.3 Å². The third-order valence-electron chi connectivity index (χ3n) is 3.90. The van der Waals surface area contributed by atoms with E-state index in [0.717, 1.165) is 16.5 Å². The molecule has 0 atom stereocenters. The summed E-state index contributed by atoms with van der Waals surface area (Å²) >= 11 is 0. The lowest BCUT2D eigenvalue weighted by Crippen LogP contribution is -2.30. The molecule has 2 aromatic carbocycles. The van der Waals surface area contributed by atoms with Crippen molar-refractivity contribution in [2.45, 2.75) is 6.42 Å². The van der Waals surface area contributed by atoms with E-state index >= 15 is 0 Å². The fourth-order valence-electron chi connectivity index (χ4n) is 2.67. The van der Waals surface area contributed by atoms with Crippen LogP contribution in [0.15, 0.2) is 54.7 Å². The Morgan fingerprint density at radius 2 is 1.84 bits per heavy atom. The van der Waals surface area contributed by atoms with Gasteiger partial charge in [-0.15, -0.1) is 0 Å². The van der Waals surface area contributed by atoms with Gasteiger partial charge in [0.05, 0.1) is 5.56 Å². The summed E-state index contributed by atoms with van der Waals surface area (Å²) in [5.41, 5.74) is 7.76. The molecule has 4 N–H and O–H groups in total. The average molecular weight is 337 g/mol. The number of primary amides is 1. The number of H-pyrrole nitrogens is 1. The van der Waals surface area contributed by atoms with E-state index in [-0.39, 0.29) is 18.1 Å². The summed E-state index contributed by atoms with van der Waals surface area (Å²) in [5, 5.41) is 3.97. The van der Waals surface area contributed by atoms with Crippen LogP contribution < -0.4 is 15.8 Å². The van der Waals surface area contributed by atoms with Gasteiger partial charge in [-0.25, -0.2) is 0 Å². The number of para-hydroxylation sites is 2. The summed E-state index contributed by atoms with van der Waals surface area (Å²) in [6, 6.07) is 14.6. The topological polar surface area (TPSA) is 97.2 Å². The largest absolute Gasteiger partial charge is 0.483 e. The minimum atomic E-state index is -0.588. The molecule has 0 fully saturated rings. The summed E-state index contributed by atoms with van der Waals surface area (Å²) in [4.78, 5) is 26.5. The minimum absolute atomic E-state index is 0.168. The van der Waals surface area contributed by atoms with Gasteiger partial charge in [-0.05, 0) is 30.2 Å². The Labute approximate surface area is 145 Å². The van der Waals surface area contributed by atoms with Gasteiger partial charge in [-0.3, -0.25) is 9.59 Å². The van der Waals surface area contributed by atoms with Crippen molar-refractivity contribution in [2.75, 3.05) is 13.2 Å². The van der Waals surface area contributed by atoms with E-state index in [2.05, 4.69) is 10.3 Å². The molecule has 6 heteroatoms. The molecule has 0 aliphatic rings. The molecule has 25 heavy (non-hydrogen) atoms. The highest BCUT2D eigenvalue weighted by atomic mass is 16.5. The predicted molar refractivity (Wildman–Crippen MR) is 95.5 cm³/mol. The van der Waals surface area contributed by atoms with E-state index < -0.39 is 5.91 Å². The maximum atomic E-state index is 11.9. The second-order valence-electron chi connectivity index (χ2n) is 5.61. The molecular weight excluding hydrogens is 318 g/mol. The zero-order valence-electron chi connectivity index (χ0n) is 13.6. The molecule has 0 saturated heterocycles. The number of aromatic amines is 1. The Morgan fingerprint density at radius 1 is 1.08 bits per heavy atom. The minimum Gasteiger partial charge on any atom is -0.483 e. The molecule has 0 unspecified atom stereocenters. The van der Waals surface area contributed by atoms with E-state index in [4.69, 9.17) is 10.5 Å². The third kappa shape index (κ3) is 3.98. The van der Waals surface area contributed by atoms with Gasteiger partial charge in [0.2, 0.25) is 0 Å². The number of ether oxygens (including phenoxy) is 1. The van der Waals surface area contributed by atoms with Gasteiger partial charge < -0.3 is 20.8 Å². The average Bonchev–Trinajstić information content (AvgIpc) is 3.03. The van der Waals surface area contributed by atoms with Gasteiger partial charge in [0.15, 0.2) is 6.61 Å². The van der Waals surface area contributed by atoms with Crippen LogP contribution in [0.3, 0.4) is 0 Å². The van der Waals surface area contributed by atoms with Gasteiger partial charge >= 0.3 is 0 Å². The van der Waals surface area contributed by atoms with Crippen molar-refractivity contribution >= 4 is 22.7 Å². The Hall–Kier alpha value is -3.28. The normalized spacial score (nSPS) is 10.6. The number of nitrogens with two attached hydrogens (primary N) is 1. The molecule has 0 aliphatic carbocycles. The number of carbonyl (C=O) groups excluding carboxylic acids is 2. The number of hydrogen-bond acceptors (Lipinski definition) is 3. The SMILES string of the molecule is NC(=O)c1ccccc1OCC(=O)NCCc1c[nH]c2ccccc12. The second kappa shape index (κ2) is 7.53. The number of fused-ring (bicyclic) bond motifs is 1. The van der Waals surface area contributed by atoms with Crippen molar-refractivity contribution < 1.29 is 14.3 Å². The number of hydrogen-bond donors (Lipinski definition) is 3. The van der Waals surface area contributed by atoms with Crippen LogP contribution in [0.25, 0.3) is 10.9 Å². The monoisotopic (exact) mass is 337 g/mol. The van der Waals surface area contributed by atoms with Crippen LogP contribution in [-0.4, -0.2) is 29.9 Å². The van der Waals surface area contributed by atoms with Crippen LogP contribution in [0, 0.1) is 0 Å². The van der Waals surface area contributed by atoms with Crippen molar-refractivity contribution in [3.05, 3.63) is 65.9 Å². The third-order valence-corrected chi connectivity index (χ3v) is 3.90. The lowest BCUT2D eigenvalue weighted by Gasteiger charge is -2.09. The van der Waals surface area contributed by atoms with Crippen LogP contribution in [-0.2, 0) is 11.2 Å². The summed E-state index contributed by atoms with van der Waals surface area (Å²) < 4.78 is 5.40. The number of carbonyl (C=O) groups is 2. The maximum absolute atomic E-state index is 11.9. The van der Waals surface area contributed by atoms with Crippen LogP contribution >= 0.6 is 0 Å². The first kappa shape index (κ1) is 16.6. The molecule has 2 amide bonds. The van der Waals surface area contributed by atoms with Crippen LogP contribution in [0.1, 0.15) is 15.9 Å². The quantitative estimate of drug-likeness (QED) is 0.615. The van der Waals surface area contributed by atoms with Crippen molar-refractivity contribution in [3.63, 3.8) is 0 Å². The van der Waals surface area contributed by atoms with E-state index in [1.807, 2.05) is 30.5 Å². The Balaban J connectivity index is 1.50. The smallest absolute Gasteiger partial charge is 0.257 e. The Morgan fingerprint density at radius 3 is 2.68 bits per heavy atom. The van der Waals surface area contributed by atoms with Crippen molar-refractivity contribution in [1.29, 1.82) is 0 Å². The Bertz CT molecular complexity index is 902. The highest BCUT2D eigenvalue weighted by Gasteiger charge is 2.10. The first-order valence-electron chi connectivity index (χ1n) is 7.98. The lowest BCUT2D eigenvalue weighted by molar-refractivity contribution is -0.123. The lowest BCUT2D eigenvalue weighted by atomic mass is 10.1. The summed E-state index contributed by atoms with van der Waals surface area (Å²) in [5.74, 6) is -0.531. The maximum Gasteiger partial charge on any atom is 0.257 e. The van der Waals surface area contributed by atoms with Crippen molar-refractivity contribution in [2.24, 2.45) is 5.73 Å². The van der Waals surface area contributed by atoms with Crippen LogP contribution in [0.2, 0.25) is 0 Å².